The third kappa shape index (κ3) is 2.25. The topological polar surface area (TPSA) is 34.9 Å². The Morgan fingerprint density at radius 2 is 2.44 bits per heavy atom. The van der Waals surface area contributed by atoms with Crippen molar-refractivity contribution in [1.29, 1.82) is 0 Å². The summed E-state index contributed by atoms with van der Waals surface area (Å²) in [5, 5.41) is 6.12. The van der Waals surface area contributed by atoms with E-state index in [1.54, 1.807) is 22.2 Å². The van der Waals surface area contributed by atoms with E-state index in [9.17, 15) is 4.79 Å². The van der Waals surface area contributed by atoms with E-state index in [1.807, 2.05) is 24.4 Å². The van der Waals surface area contributed by atoms with Crippen LogP contribution in [-0.4, -0.2) is 15.6 Å². The highest BCUT2D eigenvalue weighted by molar-refractivity contribution is 9.10. The predicted octanol–water partition coefficient (Wildman–Crippen LogP) is 3.15. The Kier molecular flexibility index (Phi) is 3.56. The summed E-state index contributed by atoms with van der Waals surface area (Å²) in [5.74, 6) is 0.105. The van der Waals surface area contributed by atoms with Crippen LogP contribution in [0.4, 0.5) is 0 Å². The molecule has 0 aliphatic rings. The molecular formula is C11H11BrN2OS. The van der Waals surface area contributed by atoms with Crippen LogP contribution in [0.15, 0.2) is 28.2 Å². The van der Waals surface area contributed by atoms with E-state index in [0.29, 0.717) is 18.7 Å². The van der Waals surface area contributed by atoms with Crippen molar-refractivity contribution in [2.75, 3.05) is 0 Å². The van der Waals surface area contributed by atoms with Gasteiger partial charge in [0.2, 0.25) is 0 Å². The lowest BCUT2D eigenvalue weighted by Crippen LogP contribution is -2.11. The zero-order valence-corrected chi connectivity index (χ0v) is 11.2. The zero-order valence-electron chi connectivity index (χ0n) is 8.81. The second kappa shape index (κ2) is 4.93. The fourth-order valence-electron chi connectivity index (χ4n) is 1.53. The van der Waals surface area contributed by atoms with Crippen LogP contribution in [0.3, 0.4) is 0 Å². The molecule has 0 atom stereocenters. The van der Waals surface area contributed by atoms with Crippen molar-refractivity contribution in [2.24, 2.45) is 0 Å². The molecule has 0 saturated carbocycles. The van der Waals surface area contributed by atoms with Crippen molar-refractivity contribution >= 4 is 33.0 Å². The Hall–Kier alpha value is -0.940. The number of rotatable bonds is 4. The predicted molar refractivity (Wildman–Crippen MR) is 68.0 cm³/mol. The average Bonchev–Trinajstić information content (AvgIpc) is 2.87. The number of hydrogen-bond acceptors (Lipinski definition) is 3. The third-order valence-corrected chi connectivity index (χ3v) is 3.73. The maximum absolute atomic E-state index is 12.1. The number of nitrogens with zero attached hydrogens (tertiary/aromatic N) is 2. The molecule has 0 radical (unpaired) electrons. The molecule has 0 bridgehead atoms. The van der Waals surface area contributed by atoms with E-state index in [0.717, 1.165) is 9.35 Å². The summed E-state index contributed by atoms with van der Waals surface area (Å²) < 4.78 is 2.50. The van der Waals surface area contributed by atoms with Crippen LogP contribution in [-0.2, 0) is 13.0 Å². The number of ketones is 1. The molecule has 84 valence electrons. The van der Waals surface area contributed by atoms with Gasteiger partial charge in [0.25, 0.3) is 0 Å². The van der Waals surface area contributed by atoms with E-state index in [2.05, 4.69) is 21.0 Å². The minimum absolute atomic E-state index is 0.105. The van der Waals surface area contributed by atoms with E-state index < -0.39 is 0 Å². The number of hydrogen-bond donors (Lipinski definition) is 0. The SMILES string of the molecule is CCn1ncc(Br)c1C(=O)Cc1cccs1. The molecule has 3 nitrogen and oxygen atoms in total. The van der Waals surface area contributed by atoms with Crippen LogP contribution in [0, 0.1) is 0 Å². The lowest BCUT2D eigenvalue weighted by atomic mass is 10.2. The van der Waals surface area contributed by atoms with Crippen molar-refractivity contribution in [3.63, 3.8) is 0 Å². The van der Waals surface area contributed by atoms with Crippen LogP contribution in [0.2, 0.25) is 0 Å². The second-order valence-corrected chi connectivity index (χ2v) is 5.22. The Balaban J connectivity index is 2.23. The number of carbonyl (C=O) groups is 1. The minimum atomic E-state index is 0.105. The van der Waals surface area contributed by atoms with Gasteiger partial charge in [-0.3, -0.25) is 9.48 Å². The Morgan fingerprint density at radius 3 is 3.06 bits per heavy atom. The highest BCUT2D eigenvalue weighted by atomic mass is 79.9. The first kappa shape index (κ1) is 11.5. The van der Waals surface area contributed by atoms with Gasteiger partial charge in [0.05, 0.1) is 10.7 Å². The second-order valence-electron chi connectivity index (χ2n) is 3.34. The van der Waals surface area contributed by atoms with Gasteiger partial charge in [0.1, 0.15) is 5.69 Å². The highest BCUT2D eigenvalue weighted by Crippen LogP contribution is 2.19. The Morgan fingerprint density at radius 1 is 1.62 bits per heavy atom. The molecule has 0 aliphatic heterocycles. The maximum Gasteiger partial charge on any atom is 0.187 e. The van der Waals surface area contributed by atoms with Crippen molar-refractivity contribution in [3.05, 3.63) is 38.8 Å². The average molecular weight is 299 g/mol. The Bertz CT molecular complexity index is 490. The number of aryl methyl sites for hydroxylation is 1. The van der Waals surface area contributed by atoms with Crippen LogP contribution >= 0.6 is 27.3 Å². The molecule has 2 rings (SSSR count). The molecule has 0 spiro atoms. The molecule has 2 heterocycles. The standard InChI is InChI=1S/C11H11BrN2OS/c1-2-14-11(9(12)7-13-14)10(15)6-8-4-3-5-16-8/h3-5,7H,2,6H2,1H3. The van der Waals surface area contributed by atoms with Crippen molar-refractivity contribution in [3.8, 4) is 0 Å². The number of Topliss-reactive ketones (excluding diaryl/α,β-unsaturated/α-hetero) is 1. The van der Waals surface area contributed by atoms with Gasteiger partial charge in [-0.2, -0.15) is 5.10 Å². The van der Waals surface area contributed by atoms with Crippen molar-refractivity contribution in [1.82, 2.24) is 9.78 Å². The van der Waals surface area contributed by atoms with E-state index in [-0.39, 0.29) is 5.78 Å². The van der Waals surface area contributed by atoms with Crippen molar-refractivity contribution in [2.45, 2.75) is 19.9 Å². The fraction of sp³-hybridized carbons (Fsp3) is 0.273. The minimum Gasteiger partial charge on any atom is -0.292 e. The molecule has 0 aliphatic carbocycles. The largest absolute Gasteiger partial charge is 0.292 e. The summed E-state index contributed by atoms with van der Waals surface area (Å²) in [7, 11) is 0. The molecule has 2 aromatic heterocycles. The number of thiophene rings is 1. The molecule has 0 amide bonds. The third-order valence-electron chi connectivity index (χ3n) is 2.27. The molecule has 0 N–H and O–H groups in total. The summed E-state index contributed by atoms with van der Waals surface area (Å²) in [4.78, 5) is 13.2. The first-order chi connectivity index (χ1) is 7.72. The van der Waals surface area contributed by atoms with Gasteiger partial charge in [0.15, 0.2) is 5.78 Å². The molecule has 0 unspecified atom stereocenters. The van der Waals surface area contributed by atoms with Gasteiger partial charge in [0, 0.05) is 17.8 Å². The summed E-state index contributed by atoms with van der Waals surface area (Å²) in [6, 6.07) is 3.93. The molecule has 0 saturated heterocycles. The van der Waals surface area contributed by atoms with Gasteiger partial charge in [-0.1, -0.05) is 6.07 Å². The molecular weight excluding hydrogens is 288 g/mol. The zero-order chi connectivity index (χ0) is 11.5. The van der Waals surface area contributed by atoms with Gasteiger partial charge in [-0.15, -0.1) is 11.3 Å². The summed E-state index contributed by atoms with van der Waals surface area (Å²) in [6.07, 6.45) is 2.12. The lowest BCUT2D eigenvalue weighted by Gasteiger charge is -2.03. The molecule has 0 fully saturated rings. The van der Waals surface area contributed by atoms with Crippen LogP contribution < -0.4 is 0 Å². The summed E-state index contributed by atoms with van der Waals surface area (Å²) >= 11 is 4.96. The monoisotopic (exact) mass is 298 g/mol. The van der Waals surface area contributed by atoms with Gasteiger partial charge in [-0.05, 0) is 34.3 Å². The number of carbonyl (C=O) groups excluding carboxylic acids is 1. The lowest BCUT2D eigenvalue weighted by molar-refractivity contribution is 0.0983. The maximum atomic E-state index is 12.1. The normalized spacial score (nSPS) is 10.6. The first-order valence-electron chi connectivity index (χ1n) is 4.99. The van der Waals surface area contributed by atoms with Gasteiger partial charge >= 0.3 is 0 Å². The smallest absolute Gasteiger partial charge is 0.187 e. The quantitative estimate of drug-likeness (QED) is 0.813. The first-order valence-corrected chi connectivity index (χ1v) is 6.66. The summed E-state index contributed by atoms with van der Waals surface area (Å²) in [5.41, 5.74) is 0.663. The van der Waals surface area contributed by atoms with Crippen LogP contribution in [0.1, 0.15) is 22.3 Å². The van der Waals surface area contributed by atoms with Gasteiger partial charge in [-0.25, -0.2) is 0 Å². The Labute approximate surface area is 106 Å². The molecule has 5 heteroatoms. The highest BCUT2D eigenvalue weighted by Gasteiger charge is 2.16. The number of aromatic nitrogens is 2. The molecule has 2 aromatic rings. The van der Waals surface area contributed by atoms with Crippen LogP contribution in [0.25, 0.3) is 0 Å². The molecule has 16 heavy (non-hydrogen) atoms. The number of halogens is 1. The van der Waals surface area contributed by atoms with E-state index >= 15 is 0 Å². The van der Waals surface area contributed by atoms with Gasteiger partial charge < -0.3 is 0 Å². The van der Waals surface area contributed by atoms with E-state index in [4.69, 9.17) is 0 Å². The summed E-state index contributed by atoms with van der Waals surface area (Å²) in [6.45, 7) is 2.68. The molecule has 0 aromatic carbocycles. The van der Waals surface area contributed by atoms with Crippen LogP contribution in [0.5, 0.6) is 0 Å². The van der Waals surface area contributed by atoms with Crippen molar-refractivity contribution < 1.29 is 4.79 Å². The fourth-order valence-corrected chi connectivity index (χ4v) is 2.76. The van der Waals surface area contributed by atoms with E-state index in [1.165, 1.54) is 0 Å².